The molecule has 3 heteroatoms. The molecule has 0 aromatic heterocycles. The Labute approximate surface area is 86.2 Å². The van der Waals surface area contributed by atoms with Gasteiger partial charge in [-0.15, -0.1) is 0 Å². The summed E-state index contributed by atoms with van der Waals surface area (Å²) in [6, 6.07) is 0.358. The van der Waals surface area contributed by atoms with Gasteiger partial charge in [-0.1, -0.05) is 13.3 Å². The summed E-state index contributed by atoms with van der Waals surface area (Å²) in [6.45, 7) is 5.11. The SMILES string of the molecule is CCCC(C)OC(=O)CC1CCCN1. The van der Waals surface area contributed by atoms with Gasteiger partial charge in [0.2, 0.25) is 0 Å². The van der Waals surface area contributed by atoms with Crippen molar-refractivity contribution in [3.05, 3.63) is 0 Å². The summed E-state index contributed by atoms with van der Waals surface area (Å²) >= 11 is 0. The molecule has 0 aliphatic carbocycles. The van der Waals surface area contributed by atoms with E-state index in [1.165, 1.54) is 6.42 Å². The molecule has 0 radical (unpaired) electrons. The fourth-order valence-electron chi connectivity index (χ4n) is 1.87. The number of esters is 1. The smallest absolute Gasteiger partial charge is 0.307 e. The molecule has 82 valence electrons. The van der Waals surface area contributed by atoms with Crippen LogP contribution in [0.2, 0.25) is 0 Å². The van der Waals surface area contributed by atoms with Crippen LogP contribution in [0.25, 0.3) is 0 Å². The van der Waals surface area contributed by atoms with Crippen molar-refractivity contribution in [1.82, 2.24) is 5.32 Å². The maximum atomic E-state index is 11.4. The van der Waals surface area contributed by atoms with Crippen molar-refractivity contribution >= 4 is 5.97 Å². The fraction of sp³-hybridized carbons (Fsp3) is 0.909. The third-order valence-electron chi connectivity index (χ3n) is 2.60. The van der Waals surface area contributed by atoms with Crippen molar-refractivity contribution in [3.63, 3.8) is 0 Å². The highest BCUT2D eigenvalue weighted by Gasteiger charge is 2.19. The van der Waals surface area contributed by atoms with E-state index < -0.39 is 0 Å². The number of rotatable bonds is 5. The average molecular weight is 199 g/mol. The molecule has 1 fully saturated rings. The molecule has 3 nitrogen and oxygen atoms in total. The monoisotopic (exact) mass is 199 g/mol. The minimum atomic E-state index is -0.0506. The third-order valence-corrected chi connectivity index (χ3v) is 2.60. The standard InChI is InChI=1S/C11H21NO2/c1-3-5-9(2)14-11(13)8-10-6-4-7-12-10/h9-10,12H,3-8H2,1-2H3. The van der Waals surface area contributed by atoms with Crippen molar-refractivity contribution in [3.8, 4) is 0 Å². The van der Waals surface area contributed by atoms with E-state index in [4.69, 9.17) is 4.74 Å². The molecule has 1 aliphatic rings. The van der Waals surface area contributed by atoms with Gasteiger partial charge in [0, 0.05) is 6.04 Å². The van der Waals surface area contributed by atoms with Crippen LogP contribution in [0.1, 0.15) is 46.0 Å². The summed E-state index contributed by atoms with van der Waals surface area (Å²) < 4.78 is 5.27. The minimum absolute atomic E-state index is 0.0506. The van der Waals surface area contributed by atoms with Crippen molar-refractivity contribution < 1.29 is 9.53 Å². The van der Waals surface area contributed by atoms with Crippen molar-refractivity contribution in [2.75, 3.05) is 6.54 Å². The normalized spacial score (nSPS) is 23.4. The topological polar surface area (TPSA) is 38.3 Å². The van der Waals surface area contributed by atoms with Gasteiger partial charge in [0.1, 0.15) is 0 Å². The predicted octanol–water partition coefficient (Wildman–Crippen LogP) is 1.86. The van der Waals surface area contributed by atoms with E-state index in [9.17, 15) is 4.79 Å². The van der Waals surface area contributed by atoms with Crippen LogP contribution in [0.3, 0.4) is 0 Å². The van der Waals surface area contributed by atoms with Crippen LogP contribution in [-0.4, -0.2) is 24.7 Å². The first-order valence-corrected chi connectivity index (χ1v) is 5.65. The molecular weight excluding hydrogens is 178 g/mol. The lowest BCUT2D eigenvalue weighted by molar-refractivity contribution is -0.149. The second-order valence-electron chi connectivity index (χ2n) is 4.09. The average Bonchev–Trinajstić information content (AvgIpc) is 2.56. The lowest BCUT2D eigenvalue weighted by Gasteiger charge is -2.14. The summed E-state index contributed by atoms with van der Waals surface area (Å²) in [6.07, 6.45) is 4.93. The zero-order valence-corrected chi connectivity index (χ0v) is 9.21. The second kappa shape index (κ2) is 6.02. The van der Waals surface area contributed by atoms with Crippen LogP contribution < -0.4 is 5.32 Å². The Balaban J connectivity index is 2.14. The van der Waals surface area contributed by atoms with E-state index in [0.717, 1.165) is 25.8 Å². The number of hydrogen-bond donors (Lipinski definition) is 1. The van der Waals surface area contributed by atoms with Crippen LogP contribution in [0.15, 0.2) is 0 Å². The Morgan fingerprint density at radius 2 is 2.43 bits per heavy atom. The molecule has 1 aliphatic heterocycles. The highest BCUT2D eigenvalue weighted by atomic mass is 16.5. The summed E-state index contributed by atoms with van der Waals surface area (Å²) in [5.41, 5.74) is 0. The van der Waals surface area contributed by atoms with E-state index in [1.807, 2.05) is 6.92 Å². The summed E-state index contributed by atoms with van der Waals surface area (Å²) in [5.74, 6) is -0.0506. The minimum Gasteiger partial charge on any atom is -0.463 e. The fourth-order valence-corrected chi connectivity index (χ4v) is 1.87. The molecule has 0 saturated carbocycles. The number of hydrogen-bond acceptors (Lipinski definition) is 3. The first-order valence-electron chi connectivity index (χ1n) is 5.65. The lowest BCUT2D eigenvalue weighted by Crippen LogP contribution is -2.27. The van der Waals surface area contributed by atoms with Gasteiger partial charge >= 0.3 is 5.97 Å². The van der Waals surface area contributed by atoms with E-state index in [0.29, 0.717) is 12.5 Å². The molecule has 1 saturated heterocycles. The van der Waals surface area contributed by atoms with Gasteiger partial charge in [0.25, 0.3) is 0 Å². The number of nitrogens with one attached hydrogen (secondary N) is 1. The molecule has 0 bridgehead atoms. The third kappa shape index (κ3) is 4.09. The molecule has 0 aromatic carbocycles. The molecule has 2 unspecified atom stereocenters. The second-order valence-corrected chi connectivity index (χ2v) is 4.09. The zero-order valence-electron chi connectivity index (χ0n) is 9.21. The van der Waals surface area contributed by atoms with Crippen LogP contribution >= 0.6 is 0 Å². The molecule has 0 amide bonds. The van der Waals surface area contributed by atoms with Crippen molar-refractivity contribution in [1.29, 1.82) is 0 Å². The summed E-state index contributed by atoms with van der Waals surface area (Å²) in [4.78, 5) is 11.4. The predicted molar refractivity (Wildman–Crippen MR) is 56.1 cm³/mol. The van der Waals surface area contributed by atoms with Gasteiger partial charge in [-0.2, -0.15) is 0 Å². The number of carbonyl (C=O) groups excluding carboxylic acids is 1. The highest BCUT2D eigenvalue weighted by Crippen LogP contribution is 2.11. The first-order chi connectivity index (χ1) is 6.72. The van der Waals surface area contributed by atoms with Crippen LogP contribution in [0.5, 0.6) is 0 Å². The Morgan fingerprint density at radius 3 is 3.00 bits per heavy atom. The van der Waals surface area contributed by atoms with Gasteiger partial charge in [0.05, 0.1) is 12.5 Å². The zero-order chi connectivity index (χ0) is 10.4. The molecule has 1 rings (SSSR count). The van der Waals surface area contributed by atoms with Gasteiger partial charge in [0.15, 0.2) is 0 Å². The Hall–Kier alpha value is -0.570. The number of ether oxygens (including phenoxy) is 1. The summed E-state index contributed by atoms with van der Waals surface area (Å²) in [5, 5.41) is 3.29. The highest BCUT2D eigenvalue weighted by molar-refractivity contribution is 5.70. The Morgan fingerprint density at radius 1 is 1.64 bits per heavy atom. The molecular formula is C11H21NO2. The maximum Gasteiger partial charge on any atom is 0.307 e. The van der Waals surface area contributed by atoms with Gasteiger partial charge in [-0.05, 0) is 32.7 Å². The molecule has 1 heterocycles. The van der Waals surface area contributed by atoms with Crippen LogP contribution in [0, 0.1) is 0 Å². The molecule has 0 aromatic rings. The number of carbonyl (C=O) groups is 1. The van der Waals surface area contributed by atoms with Gasteiger partial charge in [-0.3, -0.25) is 4.79 Å². The van der Waals surface area contributed by atoms with Gasteiger partial charge in [-0.25, -0.2) is 0 Å². The summed E-state index contributed by atoms with van der Waals surface area (Å²) in [7, 11) is 0. The molecule has 14 heavy (non-hydrogen) atoms. The van der Waals surface area contributed by atoms with E-state index in [1.54, 1.807) is 0 Å². The quantitative estimate of drug-likeness (QED) is 0.687. The lowest BCUT2D eigenvalue weighted by atomic mass is 10.1. The van der Waals surface area contributed by atoms with E-state index in [2.05, 4.69) is 12.2 Å². The van der Waals surface area contributed by atoms with Crippen LogP contribution in [0.4, 0.5) is 0 Å². The van der Waals surface area contributed by atoms with Crippen molar-refractivity contribution in [2.45, 2.75) is 58.1 Å². The van der Waals surface area contributed by atoms with E-state index >= 15 is 0 Å². The maximum absolute atomic E-state index is 11.4. The molecule has 2 atom stereocenters. The van der Waals surface area contributed by atoms with E-state index in [-0.39, 0.29) is 12.1 Å². The Kier molecular flexibility index (Phi) is 4.94. The van der Waals surface area contributed by atoms with Crippen LogP contribution in [-0.2, 0) is 9.53 Å². The molecule has 1 N–H and O–H groups in total. The van der Waals surface area contributed by atoms with Gasteiger partial charge < -0.3 is 10.1 Å². The van der Waals surface area contributed by atoms with Crippen molar-refractivity contribution in [2.24, 2.45) is 0 Å². The largest absolute Gasteiger partial charge is 0.463 e. The molecule has 0 spiro atoms. The Bertz CT molecular complexity index is 176. The first kappa shape index (κ1) is 11.5.